The van der Waals surface area contributed by atoms with E-state index in [1.54, 1.807) is 0 Å². The van der Waals surface area contributed by atoms with Crippen LogP contribution in [0.25, 0.3) is 0 Å². The third-order valence-electron chi connectivity index (χ3n) is 3.15. The number of anilines is 1. The molecule has 0 aliphatic carbocycles. The zero-order chi connectivity index (χ0) is 17.6. The molecule has 24 heavy (non-hydrogen) atoms. The Labute approximate surface area is 142 Å². The van der Waals surface area contributed by atoms with E-state index in [9.17, 15) is 18.0 Å². The Balaban J connectivity index is 1.78. The molecule has 8 heteroatoms. The highest BCUT2D eigenvalue weighted by atomic mass is 35.5. The number of hydrogen-bond donors (Lipinski definition) is 2. The van der Waals surface area contributed by atoms with Crippen molar-refractivity contribution in [1.29, 1.82) is 0 Å². The highest BCUT2D eigenvalue weighted by Gasteiger charge is 2.31. The maximum atomic E-state index is 12.5. The maximum Gasteiger partial charge on any atom is 0.417 e. The molecule has 0 aliphatic rings. The lowest BCUT2D eigenvalue weighted by Crippen LogP contribution is -2.25. The molecule has 1 amide bonds. The van der Waals surface area contributed by atoms with Gasteiger partial charge in [-0.05, 0) is 11.6 Å². The van der Waals surface area contributed by atoms with E-state index in [2.05, 4.69) is 15.6 Å². The number of carbonyl (C=O) groups excluding carboxylic acids is 1. The highest BCUT2D eigenvalue weighted by molar-refractivity contribution is 6.32. The molecule has 0 aliphatic heterocycles. The smallest absolute Gasteiger partial charge is 0.368 e. The monoisotopic (exact) mass is 357 g/mol. The number of nitrogens with zero attached hydrogens (tertiary/aromatic N) is 1. The number of amides is 1. The second-order valence-electron chi connectivity index (χ2n) is 4.99. The van der Waals surface area contributed by atoms with Crippen molar-refractivity contribution < 1.29 is 18.0 Å². The van der Waals surface area contributed by atoms with Gasteiger partial charge in [-0.3, -0.25) is 4.79 Å². The van der Waals surface area contributed by atoms with Crippen LogP contribution < -0.4 is 10.6 Å². The standard InChI is InChI=1S/C16H15ClF3N3O/c17-13-8-12(16(18,19)20)10-23-15(13)21-7-6-14(24)22-9-11-4-2-1-3-5-11/h1-5,8,10H,6-7,9H2,(H,21,23)(H,22,24). The summed E-state index contributed by atoms with van der Waals surface area (Å²) in [4.78, 5) is 15.4. The summed E-state index contributed by atoms with van der Waals surface area (Å²) >= 11 is 5.77. The molecule has 1 aromatic heterocycles. The first-order valence-corrected chi connectivity index (χ1v) is 7.51. The quantitative estimate of drug-likeness (QED) is 0.825. The lowest BCUT2D eigenvalue weighted by molar-refractivity contribution is -0.137. The zero-order valence-corrected chi connectivity index (χ0v) is 13.3. The Morgan fingerprint density at radius 1 is 1.21 bits per heavy atom. The van der Waals surface area contributed by atoms with Crippen LogP contribution in [0.2, 0.25) is 5.02 Å². The molecule has 4 nitrogen and oxygen atoms in total. The molecule has 0 saturated heterocycles. The Kier molecular flexibility index (Phi) is 6.03. The number of nitrogens with one attached hydrogen (secondary N) is 2. The van der Waals surface area contributed by atoms with Gasteiger partial charge >= 0.3 is 6.18 Å². The minimum atomic E-state index is -4.49. The van der Waals surface area contributed by atoms with Gasteiger partial charge in [0.2, 0.25) is 5.91 Å². The second kappa shape index (κ2) is 8.01. The van der Waals surface area contributed by atoms with Gasteiger partial charge in [-0.15, -0.1) is 0 Å². The molecule has 0 bridgehead atoms. The molecular formula is C16H15ClF3N3O. The third-order valence-corrected chi connectivity index (χ3v) is 3.43. The summed E-state index contributed by atoms with van der Waals surface area (Å²) in [6, 6.07) is 10.2. The molecular weight excluding hydrogens is 343 g/mol. The molecule has 2 N–H and O–H groups in total. The van der Waals surface area contributed by atoms with Crippen molar-refractivity contribution in [1.82, 2.24) is 10.3 Å². The predicted octanol–water partition coefficient (Wildman–Crippen LogP) is 3.87. The van der Waals surface area contributed by atoms with E-state index in [0.29, 0.717) is 12.7 Å². The maximum absolute atomic E-state index is 12.5. The van der Waals surface area contributed by atoms with Gasteiger partial charge in [-0.1, -0.05) is 41.9 Å². The summed E-state index contributed by atoms with van der Waals surface area (Å²) in [7, 11) is 0. The van der Waals surface area contributed by atoms with E-state index < -0.39 is 11.7 Å². The van der Waals surface area contributed by atoms with Crippen molar-refractivity contribution in [3.05, 3.63) is 58.7 Å². The Bertz CT molecular complexity index is 693. The minimum Gasteiger partial charge on any atom is -0.368 e. The average molecular weight is 358 g/mol. The van der Waals surface area contributed by atoms with Gasteiger partial charge in [0.25, 0.3) is 0 Å². The van der Waals surface area contributed by atoms with Crippen LogP contribution in [-0.4, -0.2) is 17.4 Å². The SMILES string of the molecule is O=C(CCNc1ncc(C(F)(F)F)cc1Cl)NCc1ccccc1. The highest BCUT2D eigenvalue weighted by Crippen LogP contribution is 2.32. The average Bonchev–Trinajstić information content (AvgIpc) is 2.54. The van der Waals surface area contributed by atoms with E-state index in [4.69, 9.17) is 11.6 Å². The molecule has 1 aromatic carbocycles. The summed E-state index contributed by atoms with van der Waals surface area (Å²) in [6.45, 7) is 0.623. The van der Waals surface area contributed by atoms with E-state index >= 15 is 0 Å². The zero-order valence-electron chi connectivity index (χ0n) is 12.5. The number of benzene rings is 1. The fraction of sp³-hybridized carbons (Fsp3) is 0.250. The Hall–Kier alpha value is -2.28. The molecule has 0 radical (unpaired) electrons. The van der Waals surface area contributed by atoms with Gasteiger partial charge in [-0.2, -0.15) is 13.2 Å². The van der Waals surface area contributed by atoms with Crippen molar-refractivity contribution >= 4 is 23.3 Å². The van der Waals surface area contributed by atoms with Crippen LogP contribution in [-0.2, 0) is 17.5 Å². The van der Waals surface area contributed by atoms with Gasteiger partial charge in [0, 0.05) is 25.7 Å². The fourth-order valence-electron chi connectivity index (χ4n) is 1.90. The Morgan fingerprint density at radius 2 is 1.92 bits per heavy atom. The van der Waals surface area contributed by atoms with Crippen molar-refractivity contribution in [3.63, 3.8) is 0 Å². The topological polar surface area (TPSA) is 54.0 Å². The first kappa shape index (κ1) is 18.1. The molecule has 0 spiro atoms. The number of alkyl halides is 3. The number of hydrogen-bond acceptors (Lipinski definition) is 3. The molecule has 128 valence electrons. The van der Waals surface area contributed by atoms with Crippen LogP contribution in [0.3, 0.4) is 0 Å². The van der Waals surface area contributed by atoms with Crippen LogP contribution in [0.1, 0.15) is 17.5 Å². The predicted molar refractivity (Wildman–Crippen MR) is 85.6 cm³/mol. The Morgan fingerprint density at radius 3 is 2.54 bits per heavy atom. The molecule has 1 heterocycles. The normalized spacial score (nSPS) is 11.2. The summed E-state index contributed by atoms with van der Waals surface area (Å²) in [5.74, 6) is -0.0742. The third kappa shape index (κ3) is 5.42. The largest absolute Gasteiger partial charge is 0.417 e. The number of halogens is 4. The lowest BCUT2D eigenvalue weighted by atomic mass is 10.2. The van der Waals surface area contributed by atoms with Gasteiger partial charge in [0.15, 0.2) is 0 Å². The molecule has 2 aromatic rings. The second-order valence-corrected chi connectivity index (χ2v) is 5.40. The van der Waals surface area contributed by atoms with Crippen molar-refractivity contribution in [2.75, 3.05) is 11.9 Å². The van der Waals surface area contributed by atoms with E-state index in [0.717, 1.165) is 11.6 Å². The fourth-order valence-corrected chi connectivity index (χ4v) is 2.14. The van der Waals surface area contributed by atoms with E-state index in [1.165, 1.54) is 0 Å². The number of rotatable bonds is 6. The van der Waals surface area contributed by atoms with Gasteiger partial charge in [0.05, 0.1) is 10.6 Å². The van der Waals surface area contributed by atoms with Crippen LogP contribution in [0.4, 0.5) is 19.0 Å². The first-order valence-electron chi connectivity index (χ1n) is 7.13. The summed E-state index contributed by atoms with van der Waals surface area (Å²) in [6.07, 6.45) is -3.65. The molecule has 0 saturated carbocycles. The number of carbonyl (C=O) groups is 1. The summed E-state index contributed by atoms with van der Waals surface area (Å²) in [5.41, 5.74) is 0.0601. The molecule has 0 unspecified atom stereocenters. The van der Waals surface area contributed by atoms with Crippen molar-refractivity contribution in [2.24, 2.45) is 0 Å². The van der Waals surface area contributed by atoms with Crippen LogP contribution in [0.5, 0.6) is 0 Å². The van der Waals surface area contributed by atoms with Crippen molar-refractivity contribution in [2.45, 2.75) is 19.1 Å². The van der Waals surface area contributed by atoms with Crippen LogP contribution in [0, 0.1) is 0 Å². The molecule has 0 atom stereocenters. The summed E-state index contributed by atoms with van der Waals surface area (Å²) in [5, 5.41) is 5.35. The van der Waals surface area contributed by atoms with E-state index in [-0.39, 0.29) is 29.7 Å². The van der Waals surface area contributed by atoms with Crippen LogP contribution >= 0.6 is 11.6 Å². The van der Waals surface area contributed by atoms with Gasteiger partial charge in [-0.25, -0.2) is 4.98 Å². The van der Waals surface area contributed by atoms with Gasteiger partial charge in [0.1, 0.15) is 5.82 Å². The lowest BCUT2D eigenvalue weighted by Gasteiger charge is -2.11. The number of aromatic nitrogens is 1. The van der Waals surface area contributed by atoms with E-state index in [1.807, 2.05) is 30.3 Å². The van der Waals surface area contributed by atoms with Gasteiger partial charge < -0.3 is 10.6 Å². The van der Waals surface area contributed by atoms with Crippen LogP contribution in [0.15, 0.2) is 42.6 Å². The van der Waals surface area contributed by atoms with Crippen molar-refractivity contribution in [3.8, 4) is 0 Å². The molecule has 0 fully saturated rings. The molecule has 2 rings (SSSR count). The number of pyridine rings is 1. The summed E-state index contributed by atoms with van der Waals surface area (Å²) < 4.78 is 37.5. The first-order chi connectivity index (χ1) is 11.4. The minimum absolute atomic E-state index is 0.112.